The van der Waals surface area contributed by atoms with E-state index in [-0.39, 0.29) is 11.6 Å². The van der Waals surface area contributed by atoms with Crippen molar-refractivity contribution in [1.29, 1.82) is 0 Å². The van der Waals surface area contributed by atoms with Gasteiger partial charge >= 0.3 is 6.03 Å². The van der Waals surface area contributed by atoms with Crippen molar-refractivity contribution in [1.82, 2.24) is 19.6 Å². The van der Waals surface area contributed by atoms with Crippen molar-refractivity contribution in [2.45, 2.75) is 24.4 Å². The number of amides is 2. The minimum Gasteiger partial charge on any atom is -0.378 e. The minimum atomic E-state index is 0.146. The summed E-state index contributed by atoms with van der Waals surface area (Å²) in [5.41, 5.74) is 0.241. The highest BCUT2D eigenvalue weighted by Crippen LogP contribution is 2.35. The molecule has 0 saturated carbocycles. The lowest BCUT2D eigenvalue weighted by Crippen LogP contribution is -2.70. The first-order valence-electron chi connectivity index (χ1n) is 8.01. The molecule has 6 heteroatoms. The summed E-state index contributed by atoms with van der Waals surface area (Å²) in [5, 5.41) is 0. The smallest absolute Gasteiger partial charge is 0.319 e. The number of carbonyl (C=O) groups is 1. The van der Waals surface area contributed by atoms with Gasteiger partial charge in [-0.3, -0.25) is 4.90 Å². The molecule has 3 heterocycles. The summed E-state index contributed by atoms with van der Waals surface area (Å²) < 4.78 is 5.41. The van der Waals surface area contributed by atoms with Crippen LogP contribution in [-0.2, 0) is 4.74 Å². The lowest BCUT2D eigenvalue weighted by molar-refractivity contribution is -0.137. The third kappa shape index (κ3) is 2.76. The first-order chi connectivity index (χ1) is 10.0. The van der Waals surface area contributed by atoms with Crippen LogP contribution in [0.3, 0.4) is 0 Å². The van der Waals surface area contributed by atoms with Crippen LogP contribution in [0, 0.1) is 0 Å². The van der Waals surface area contributed by atoms with Crippen LogP contribution in [-0.4, -0.2) is 104 Å². The zero-order valence-electron chi connectivity index (χ0n) is 13.5. The Bertz CT molecular complexity index is 389. The second kappa shape index (κ2) is 5.74. The maximum Gasteiger partial charge on any atom is 0.319 e. The molecule has 2 amide bonds. The first-order valence-corrected chi connectivity index (χ1v) is 8.01. The van der Waals surface area contributed by atoms with E-state index in [0.717, 1.165) is 58.8 Å². The molecule has 3 aliphatic heterocycles. The normalized spacial score (nSPS) is 27.7. The van der Waals surface area contributed by atoms with Gasteiger partial charge in [-0.05, 0) is 19.9 Å². The largest absolute Gasteiger partial charge is 0.378 e. The van der Waals surface area contributed by atoms with Gasteiger partial charge in [-0.1, -0.05) is 0 Å². The highest BCUT2D eigenvalue weighted by Gasteiger charge is 2.47. The lowest BCUT2D eigenvalue weighted by Gasteiger charge is -2.57. The maximum atomic E-state index is 12.1. The number of rotatable bonds is 1. The van der Waals surface area contributed by atoms with Crippen LogP contribution in [0.4, 0.5) is 4.79 Å². The fourth-order valence-corrected chi connectivity index (χ4v) is 4.00. The summed E-state index contributed by atoms with van der Waals surface area (Å²) in [6.45, 7) is 6.89. The van der Waals surface area contributed by atoms with E-state index in [1.807, 2.05) is 19.0 Å². The topological polar surface area (TPSA) is 39.3 Å². The molecule has 0 bridgehead atoms. The quantitative estimate of drug-likeness (QED) is 0.690. The fourth-order valence-electron chi connectivity index (χ4n) is 4.00. The molecule has 0 aliphatic carbocycles. The van der Waals surface area contributed by atoms with Crippen molar-refractivity contribution in [3.05, 3.63) is 0 Å². The number of carbonyl (C=O) groups excluding carboxylic acids is 1. The number of piperidine rings is 1. The van der Waals surface area contributed by atoms with E-state index in [4.69, 9.17) is 4.74 Å². The highest BCUT2D eigenvalue weighted by atomic mass is 16.5. The van der Waals surface area contributed by atoms with Crippen molar-refractivity contribution in [3.8, 4) is 0 Å². The third-order valence-corrected chi connectivity index (χ3v) is 5.30. The number of hydrogen-bond acceptors (Lipinski definition) is 4. The number of piperazine rings is 1. The van der Waals surface area contributed by atoms with Crippen molar-refractivity contribution in [2.75, 3.05) is 67.1 Å². The summed E-state index contributed by atoms with van der Waals surface area (Å²) in [6, 6.07) is 0.738. The average Bonchev–Trinajstić information content (AvgIpc) is 2.40. The summed E-state index contributed by atoms with van der Waals surface area (Å²) in [4.78, 5) is 20.9. The molecule has 120 valence electrons. The Kier molecular flexibility index (Phi) is 4.12. The number of nitrogens with zero attached hydrogens (tertiary/aromatic N) is 4. The Morgan fingerprint density at radius 2 is 1.81 bits per heavy atom. The van der Waals surface area contributed by atoms with Crippen LogP contribution >= 0.6 is 0 Å². The maximum absolute atomic E-state index is 12.1. The SMILES string of the molecule is CN1CCN(C2COC2)C2(CCN(C(=O)N(C)C)CC2)C1. The minimum absolute atomic E-state index is 0.146. The standard InChI is InChI=1S/C15H28N4O2/c1-16(2)14(20)18-6-4-15(5-7-18)12-17(3)8-9-19(15)13-10-21-11-13/h13H,4-12H2,1-3H3. The van der Waals surface area contributed by atoms with E-state index in [1.54, 1.807) is 4.90 Å². The second-order valence-electron chi connectivity index (χ2n) is 7.01. The molecular formula is C15H28N4O2. The van der Waals surface area contributed by atoms with Gasteiger partial charge in [0, 0.05) is 52.4 Å². The van der Waals surface area contributed by atoms with E-state index < -0.39 is 0 Å². The third-order valence-electron chi connectivity index (χ3n) is 5.30. The van der Waals surface area contributed by atoms with Gasteiger partial charge in [0.05, 0.1) is 19.3 Å². The van der Waals surface area contributed by atoms with Crippen LogP contribution in [0.5, 0.6) is 0 Å². The Balaban J connectivity index is 1.69. The molecule has 21 heavy (non-hydrogen) atoms. The van der Waals surface area contributed by atoms with Gasteiger partial charge in [-0.15, -0.1) is 0 Å². The van der Waals surface area contributed by atoms with E-state index >= 15 is 0 Å². The lowest BCUT2D eigenvalue weighted by atomic mass is 9.82. The Morgan fingerprint density at radius 3 is 2.33 bits per heavy atom. The number of likely N-dealkylation sites (N-methyl/N-ethyl adjacent to an activating group) is 1. The molecule has 0 radical (unpaired) electrons. The molecule has 3 rings (SSSR count). The molecule has 1 spiro atoms. The van der Waals surface area contributed by atoms with Crippen molar-refractivity contribution < 1.29 is 9.53 Å². The zero-order valence-corrected chi connectivity index (χ0v) is 13.5. The molecule has 0 aromatic heterocycles. The van der Waals surface area contributed by atoms with E-state index in [1.165, 1.54) is 0 Å². The Labute approximate surface area is 127 Å². The van der Waals surface area contributed by atoms with Crippen molar-refractivity contribution in [2.24, 2.45) is 0 Å². The van der Waals surface area contributed by atoms with E-state index in [2.05, 4.69) is 16.8 Å². The van der Waals surface area contributed by atoms with Gasteiger partial charge in [-0.25, -0.2) is 4.79 Å². The summed E-state index contributed by atoms with van der Waals surface area (Å²) in [5.74, 6) is 0. The van der Waals surface area contributed by atoms with Crippen LogP contribution in [0.1, 0.15) is 12.8 Å². The molecule has 0 atom stereocenters. The summed E-state index contributed by atoms with van der Waals surface area (Å²) in [7, 11) is 5.88. The zero-order chi connectivity index (χ0) is 15.0. The predicted octanol–water partition coefficient (Wildman–Crippen LogP) is 0.149. The highest BCUT2D eigenvalue weighted by molar-refractivity contribution is 5.73. The number of likely N-dealkylation sites (tertiary alicyclic amines) is 1. The molecule has 0 aromatic rings. The molecule has 0 unspecified atom stereocenters. The first kappa shape index (κ1) is 15.1. The van der Waals surface area contributed by atoms with Gasteiger partial charge in [-0.2, -0.15) is 0 Å². The molecular weight excluding hydrogens is 268 g/mol. The van der Waals surface area contributed by atoms with Gasteiger partial charge in [0.15, 0.2) is 0 Å². The van der Waals surface area contributed by atoms with Crippen LogP contribution in [0.2, 0.25) is 0 Å². The number of hydrogen-bond donors (Lipinski definition) is 0. The molecule has 6 nitrogen and oxygen atoms in total. The van der Waals surface area contributed by atoms with Crippen LogP contribution in [0.25, 0.3) is 0 Å². The van der Waals surface area contributed by atoms with Crippen molar-refractivity contribution in [3.63, 3.8) is 0 Å². The van der Waals surface area contributed by atoms with Crippen LogP contribution < -0.4 is 0 Å². The Morgan fingerprint density at radius 1 is 1.14 bits per heavy atom. The molecule has 0 N–H and O–H groups in total. The van der Waals surface area contributed by atoms with Gasteiger partial charge < -0.3 is 19.4 Å². The van der Waals surface area contributed by atoms with E-state index in [9.17, 15) is 4.79 Å². The molecule has 3 saturated heterocycles. The Hall–Kier alpha value is -0.850. The second-order valence-corrected chi connectivity index (χ2v) is 7.01. The predicted molar refractivity (Wildman–Crippen MR) is 81.4 cm³/mol. The molecule has 0 aromatic carbocycles. The van der Waals surface area contributed by atoms with Gasteiger partial charge in [0.25, 0.3) is 0 Å². The summed E-state index contributed by atoms with van der Waals surface area (Å²) in [6.07, 6.45) is 2.15. The average molecular weight is 296 g/mol. The number of ether oxygens (including phenoxy) is 1. The number of urea groups is 1. The monoisotopic (exact) mass is 296 g/mol. The van der Waals surface area contributed by atoms with Crippen LogP contribution in [0.15, 0.2) is 0 Å². The fraction of sp³-hybridized carbons (Fsp3) is 0.933. The molecule has 3 aliphatic rings. The van der Waals surface area contributed by atoms with Crippen molar-refractivity contribution >= 4 is 6.03 Å². The summed E-state index contributed by atoms with van der Waals surface area (Å²) >= 11 is 0. The molecule has 3 fully saturated rings. The van der Waals surface area contributed by atoms with Gasteiger partial charge in [0.1, 0.15) is 0 Å². The van der Waals surface area contributed by atoms with E-state index in [0.29, 0.717) is 6.04 Å². The van der Waals surface area contributed by atoms with Gasteiger partial charge in [0.2, 0.25) is 0 Å².